The number of hydrogen-bond acceptors (Lipinski definition) is 2. The van der Waals surface area contributed by atoms with E-state index in [2.05, 4.69) is 12.1 Å². The van der Waals surface area contributed by atoms with Gasteiger partial charge in [0.05, 0.1) is 11.9 Å². The van der Waals surface area contributed by atoms with Gasteiger partial charge in [0.1, 0.15) is 0 Å². The second kappa shape index (κ2) is 6.83. The van der Waals surface area contributed by atoms with E-state index in [0.29, 0.717) is 0 Å². The Balaban J connectivity index is 2.27. The fourth-order valence-electron chi connectivity index (χ4n) is 1.82. The molecule has 0 aromatic heterocycles. The average molecular weight is 279 g/mol. The summed E-state index contributed by atoms with van der Waals surface area (Å²) < 4.78 is 0. The van der Waals surface area contributed by atoms with Crippen molar-refractivity contribution in [2.75, 3.05) is 12.4 Å². The van der Waals surface area contributed by atoms with E-state index in [1.54, 1.807) is 11.8 Å². The summed E-state index contributed by atoms with van der Waals surface area (Å²) >= 11 is 7.66. The van der Waals surface area contributed by atoms with Crippen LogP contribution in [0.1, 0.15) is 16.4 Å². The molecule has 0 radical (unpaired) electrons. The van der Waals surface area contributed by atoms with E-state index in [1.165, 1.54) is 11.1 Å². The number of rotatable bonds is 5. The molecule has 0 aliphatic heterocycles. The highest BCUT2D eigenvalue weighted by atomic mass is 35.5. The Bertz CT molecular complexity index is 470. The van der Waals surface area contributed by atoms with E-state index >= 15 is 0 Å². The fourth-order valence-corrected chi connectivity index (χ4v) is 2.99. The lowest BCUT2D eigenvalue weighted by molar-refractivity contribution is 0.322. The zero-order chi connectivity index (χ0) is 12.8. The van der Waals surface area contributed by atoms with Crippen molar-refractivity contribution in [1.29, 1.82) is 0 Å². The number of halogens is 1. The first-order valence-electron chi connectivity index (χ1n) is 5.84. The molecule has 0 saturated carbocycles. The van der Waals surface area contributed by atoms with E-state index in [1.807, 2.05) is 42.5 Å². The predicted molar refractivity (Wildman–Crippen MR) is 79.3 cm³/mol. The van der Waals surface area contributed by atoms with E-state index in [4.69, 9.17) is 16.7 Å². The van der Waals surface area contributed by atoms with Crippen molar-refractivity contribution in [2.45, 2.75) is 5.25 Å². The summed E-state index contributed by atoms with van der Waals surface area (Å²) in [6.45, 7) is 0.196. The summed E-state index contributed by atoms with van der Waals surface area (Å²) in [5.74, 6) is 0.724. The maximum Gasteiger partial charge on any atom is 0.0547 e. The summed E-state index contributed by atoms with van der Waals surface area (Å²) in [4.78, 5) is 0. The Morgan fingerprint density at radius 1 is 0.944 bits per heavy atom. The number of aliphatic hydroxyl groups is 1. The number of thioether (sulfide) groups is 1. The largest absolute Gasteiger partial charge is 0.396 e. The molecule has 1 N–H and O–H groups in total. The van der Waals surface area contributed by atoms with Gasteiger partial charge in [0.25, 0.3) is 0 Å². The Kier molecular flexibility index (Phi) is 5.12. The Morgan fingerprint density at radius 2 is 1.56 bits per heavy atom. The summed E-state index contributed by atoms with van der Waals surface area (Å²) in [6.07, 6.45) is 0. The van der Waals surface area contributed by atoms with Crippen LogP contribution in [0.4, 0.5) is 0 Å². The summed E-state index contributed by atoms with van der Waals surface area (Å²) in [7, 11) is 0. The maximum absolute atomic E-state index is 9.01. The van der Waals surface area contributed by atoms with Gasteiger partial charge in [-0.25, -0.2) is 0 Å². The Morgan fingerprint density at radius 3 is 2.17 bits per heavy atom. The van der Waals surface area contributed by atoms with Gasteiger partial charge in [-0.3, -0.25) is 0 Å². The molecule has 2 rings (SSSR count). The van der Waals surface area contributed by atoms with Crippen LogP contribution in [0, 0.1) is 0 Å². The molecule has 0 aliphatic rings. The van der Waals surface area contributed by atoms with Crippen molar-refractivity contribution in [3.8, 4) is 0 Å². The Hall–Kier alpha value is -0.960. The smallest absolute Gasteiger partial charge is 0.0547 e. The normalized spacial score (nSPS) is 12.3. The van der Waals surface area contributed by atoms with E-state index in [-0.39, 0.29) is 11.9 Å². The molecule has 0 spiro atoms. The predicted octanol–water partition coefficient (Wildman–Crippen LogP) is 4.15. The lowest BCUT2D eigenvalue weighted by Crippen LogP contribution is -1.99. The first kappa shape index (κ1) is 13.5. The van der Waals surface area contributed by atoms with Crippen LogP contribution in [0.25, 0.3) is 0 Å². The van der Waals surface area contributed by atoms with Crippen LogP contribution in [0.5, 0.6) is 0 Å². The molecule has 0 fully saturated rings. The third-order valence-corrected chi connectivity index (χ3v) is 4.20. The van der Waals surface area contributed by atoms with Gasteiger partial charge in [0.15, 0.2) is 0 Å². The second-order valence-electron chi connectivity index (χ2n) is 3.94. The van der Waals surface area contributed by atoms with Gasteiger partial charge in [-0.15, -0.1) is 11.8 Å². The summed E-state index contributed by atoms with van der Waals surface area (Å²) in [6, 6.07) is 18.2. The van der Waals surface area contributed by atoms with Gasteiger partial charge in [-0.2, -0.15) is 0 Å². The van der Waals surface area contributed by atoms with Crippen molar-refractivity contribution in [2.24, 2.45) is 0 Å². The highest BCUT2D eigenvalue weighted by molar-refractivity contribution is 7.99. The lowest BCUT2D eigenvalue weighted by Gasteiger charge is -2.17. The summed E-state index contributed by atoms with van der Waals surface area (Å²) in [5.41, 5.74) is 2.46. The molecule has 2 aromatic carbocycles. The summed E-state index contributed by atoms with van der Waals surface area (Å²) in [5, 5.41) is 10.0. The van der Waals surface area contributed by atoms with Crippen LogP contribution < -0.4 is 0 Å². The highest BCUT2D eigenvalue weighted by Crippen LogP contribution is 2.35. The monoisotopic (exact) mass is 278 g/mol. The van der Waals surface area contributed by atoms with Gasteiger partial charge in [0, 0.05) is 10.8 Å². The molecular formula is C15H15ClOS. The van der Waals surface area contributed by atoms with Crippen LogP contribution in [-0.2, 0) is 0 Å². The standard InChI is InChI=1S/C15H15ClOS/c16-14-8-6-13(7-9-14)15(18-11-10-17)12-4-2-1-3-5-12/h1-9,15,17H,10-11H2/t15-/m0/s1. The molecule has 1 nitrogen and oxygen atoms in total. The zero-order valence-corrected chi connectivity index (χ0v) is 11.5. The van der Waals surface area contributed by atoms with Crippen molar-refractivity contribution in [1.82, 2.24) is 0 Å². The molecule has 0 saturated heterocycles. The highest BCUT2D eigenvalue weighted by Gasteiger charge is 2.13. The van der Waals surface area contributed by atoms with Gasteiger partial charge in [0.2, 0.25) is 0 Å². The van der Waals surface area contributed by atoms with E-state index in [9.17, 15) is 0 Å². The second-order valence-corrected chi connectivity index (χ2v) is 5.59. The van der Waals surface area contributed by atoms with Crippen LogP contribution in [0.15, 0.2) is 54.6 Å². The van der Waals surface area contributed by atoms with Crippen molar-refractivity contribution in [3.63, 3.8) is 0 Å². The molecule has 3 heteroatoms. The van der Waals surface area contributed by atoms with E-state index in [0.717, 1.165) is 10.8 Å². The van der Waals surface area contributed by atoms with Crippen LogP contribution in [-0.4, -0.2) is 17.5 Å². The van der Waals surface area contributed by atoms with E-state index < -0.39 is 0 Å². The molecule has 18 heavy (non-hydrogen) atoms. The number of benzene rings is 2. The van der Waals surface area contributed by atoms with Gasteiger partial charge < -0.3 is 5.11 Å². The quantitative estimate of drug-likeness (QED) is 0.886. The molecule has 1 atom stereocenters. The molecule has 0 bridgehead atoms. The van der Waals surface area contributed by atoms with Crippen LogP contribution in [0.3, 0.4) is 0 Å². The van der Waals surface area contributed by atoms with Crippen LogP contribution in [0.2, 0.25) is 5.02 Å². The SMILES string of the molecule is OCCS[C@@H](c1ccccc1)c1ccc(Cl)cc1. The minimum atomic E-state index is 0.196. The van der Waals surface area contributed by atoms with Gasteiger partial charge >= 0.3 is 0 Å². The number of aliphatic hydroxyl groups excluding tert-OH is 1. The number of hydrogen-bond donors (Lipinski definition) is 1. The molecule has 0 unspecified atom stereocenters. The minimum absolute atomic E-state index is 0.196. The van der Waals surface area contributed by atoms with Gasteiger partial charge in [-0.1, -0.05) is 54.1 Å². The molecule has 0 heterocycles. The fraction of sp³-hybridized carbons (Fsp3) is 0.200. The maximum atomic E-state index is 9.01. The zero-order valence-electron chi connectivity index (χ0n) is 9.92. The Labute approximate surface area is 117 Å². The lowest BCUT2D eigenvalue weighted by atomic mass is 10.0. The van der Waals surface area contributed by atoms with Crippen molar-refractivity contribution >= 4 is 23.4 Å². The molecule has 94 valence electrons. The minimum Gasteiger partial charge on any atom is -0.396 e. The average Bonchev–Trinajstić information content (AvgIpc) is 2.42. The molecule has 0 aliphatic carbocycles. The third kappa shape index (κ3) is 3.52. The van der Waals surface area contributed by atoms with Gasteiger partial charge in [-0.05, 0) is 23.3 Å². The van der Waals surface area contributed by atoms with Crippen molar-refractivity contribution < 1.29 is 5.11 Å². The van der Waals surface area contributed by atoms with Crippen LogP contribution >= 0.6 is 23.4 Å². The molecule has 2 aromatic rings. The molecule has 0 amide bonds. The first-order valence-corrected chi connectivity index (χ1v) is 7.27. The first-order chi connectivity index (χ1) is 8.81. The van der Waals surface area contributed by atoms with Crippen molar-refractivity contribution in [3.05, 3.63) is 70.7 Å². The molecular weight excluding hydrogens is 264 g/mol. The third-order valence-electron chi connectivity index (χ3n) is 2.65. The topological polar surface area (TPSA) is 20.2 Å².